The van der Waals surface area contributed by atoms with Crippen molar-refractivity contribution in [2.24, 2.45) is 0 Å². The van der Waals surface area contributed by atoms with Gasteiger partial charge in [0.2, 0.25) is 0 Å². The molecule has 5 nitrogen and oxygen atoms in total. The number of hydrogen-bond donors (Lipinski definition) is 0. The third-order valence-corrected chi connectivity index (χ3v) is 3.73. The molecule has 24 heavy (non-hydrogen) atoms. The highest BCUT2D eigenvalue weighted by Gasteiger charge is 2.29. The second kappa shape index (κ2) is 8.26. The van der Waals surface area contributed by atoms with Crippen molar-refractivity contribution >= 4 is 11.9 Å². The van der Waals surface area contributed by atoms with Crippen LogP contribution in [0.4, 0.5) is 0 Å². The highest BCUT2D eigenvalue weighted by Crippen LogP contribution is 2.26. The fourth-order valence-electron chi connectivity index (χ4n) is 2.39. The van der Waals surface area contributed by atoms with Gasteiger partial charge in [0.15, 0.2) is 6.10 Å². The van der Waals surface area contributed by atoms with Crippen molar-refractivity contribution in [3.63, 3.8) is 0 Å². The van der Waals surface area contributed by atoms with Gasteiger partial charge in [-0.3, -0.25) is 14.4 Å². The Bertz CT molecular complexity index is 633. The maximum absolute atomic E-state index is 12.7. The van der Waals surface area contributed by atoms with Crippen LogP contribution in [0.2, 0.25) is 0 Å². The molecule has 2 aromatic carbocycles. The molecule has 0 aliphatic rings. The number of carbonyl (C=O) groups is 2. The third kappa shape index (κ3) is 4.20. The molecule has 0 fully saturated rings. The molecule has 0 saturated carbocycles. The first-order valence-corrected chi connectivity index (χ1v) is 7.66. The van der Waals surface area contributed by atoms with Gasteiger partial charge in [0, 0.05) is 7.05 Å². The lowest BCUT2D eigenvalue weighted by molar-refractivity contribution is -0.183. The standard InChI is InChI=1S/C19H21NO4/c1-14(18(21)20(2)23-3)24-19(22)17(15-10-6-4-7-11-15)16-12-8-5-9-13-16/h4-14,17H,1-3H3/t14-/m1/s1. The topological polar surface area (TPSA) is 55.8 Å². The summed E-state index contributed by atoms with van der Waals surface area (Å²) in [5.41, 5.74) is 1.63. The van der Waals surface area contributed by atoms with E-state index in [1.165, 1.54) is 21.1 Å². The number of nitrogens with zero attached hydrogens (tertiary/aromatic N) is 1. The van der Waals surface area contributed by atoms with Gasteiger partial charge in [-0.25, -0.2) is 5.06 Å². The Morgan fingerprint density at radius 2 is 1.38 bits per heavy atom. The summed E-state index contributed by atoms with van der Waals surface area (Å²) in [6, 6.07) is 18.7. The minimum absolute atomic E-state index is 0.425. The number of ether oxygens (including phenoxy) is 1. The fourth-order valence-corrected chi connectivity index (χ4v) is 2.39. The van der Waals surface area contributed by atoms with Gasteiger partial charge in [0.05, 0.1) is 7.11 Å². The van der Waals surface area contributed by atoms with E-state index in [4.69, 9.17) is 9.57 Å². The molecule has 0 N–H and O–H groups in total. The number of carbonyl (C=O) groups excluding carboxylic acids is 2. The Hall–Kier alpha value is -2.66. The molecule has 0 bridgehead atoms. The summed E-state index contributed by atoms with van der Waals surface area (Å²) in [7, 11) is 2.85. The quantitative estimate of drug-likeness (QED) is 0.605. The maximum atomic E-state index is 12.7. The number of benzene rings is 2. The lowest BCUT2D eigenvalue weighted by Crippen LogP contribution is -2.37. The van der Waals surface area contributed by atoms with Gasteiger partial charge in [-0.05, 0) is 18.1 Å². The number of rotatable bonds is 6. The Kier molecular flexibility index (Phi) is 6.09. The lowest BCUT2D eigenvalue weighted by atomic mass is 9.91. The molecule has 0 unspecified atom stereocenters. The number of likely N-dealkylation sites (N-methyl/N-ethyl adjacent to an activating group) is 1. The van der Waals surface area contributed by atoms with E-state index in [-0.39, 0.29) is 0 Å². The summed E-state index contributed by atoms with van der Waals surface area (Å²) in [5.74, 6) is -1.49. The van der Waals surface area contributed by atoms with Gasteiger partial charge in [-0.15, -0.1) is 0 Å². The first-order chi connectivity index (χ1) is 11.5. The summed E-state index contributed by atoms with van der Waals surface area (Å²) >= 11 is 0. The van der Waals surface area contributed by atoms with Crippen LogP contribution < -0.4 is 0 Å². The largest absolute Gasteiger partial charge is 0.452 e. The molecule has 2 rings (SSSR count). The first kappa shape index (κ1) is 17.7. The Balaban J connectivity index is 2.25. The predicted molar refractivity (Wildman–Crippen MR) is 90.1 cm³/mol. The van der Waals surface area contributed by atoms with E-state index in [9.17, 15) is 9.59 Å². The molecule has 0 heterocycles. The highest BCUT2D eigenvalue weighted by molar-refractivity contribution is 5.86. The van der Waals surface area contributed by atoms with E-state index < -0.39 is 23.9 Å². The van der Waals surface area contributed by atoms with Crippen LogP contribution in [0, 0.1) is 0 Å². The molecule has 0 saturated heterocycles. The molecular formula is C19H21NO4. The minimum Gasteiger partial charge on any atom is -0.452 e. The molecule has 0 radical (unpaired) electrons. The molecule has 2 aromatic rings. The van der Waals surface area contributed by atoms with E-state index in [2.05, 4.69) is 0 Å². The lowest BCUT2D eigenvalue weighted by Gasteiger charge is -2.22. The predicted octanol–water partition coefficient (Wildman–Crippen LogP) is 2.77. The van der Waals surface area contributed by atoms with Crippen molar-refractivity contribution < 1.29 is 19.2 Å². The van der Waals surface area contributed by atoms with Crippen molar-refractivity contribution in [2.45, 2.75) is 18.9 Å². The summed E-state index contributed by atoms with van der Waals surface area (Å²) in [6.07, 6.45) is -0.933. The Morgan fingerprint density at radius 3 is 1.79 bits per heavy atom. The Labute approximate surface area is 141 Å². The van der Waals surface area contributed by atoms with Gasteiger partial charge in [-0.2, -0.15) is 0 Å². The smallest absolute Gasteiger partial charge is 0.318 e. The van der Waals surface area contributed by atoms with Crippen LogP contribution in [-0.4, -0.2) is 37.2 Å². The molecule has 5 heteroatoms. The summed E-state index contributed by atoms with van der Waals surface area (Å²) in [4.78, 5) is 29.6. The molecule has 126 valence electrons. The normalized spacial score (nSPS) is 11.8. The zero-order valence-corrected chi connectivity index (χ0v) is 14.0. The zero-order chi connectivity index (χ0) is 17.5. The van der Waals surface area contributed by atoms with Gasteiger partial charge in [0.1, 0.15) is 5.92 Å². The molecule has 1 amide bonds. The van der Waals surface area contributed by atoms with Gasteiger partial charge < -0.3 is 4.74 Å². The average molecular weight is 327 g/mol. The highest BCUT2D eigenvalue weighted by atomic mass is 16.7. The molecular weight excluding hydrogens is 306 g/mol. The molecule has 1 atom stereocenters. The van der Waals surface area contributed by atoms with Crippen LogP contribution in [0.25, 0.3) is 0 Å². The second-order valence-corrected chi connectivity index (χ2v) is 5.35. The van der Waals surface area contributed by atoms with Crippen molar-refractivity contribution in [1.82, 2.24) is 5.06 Å². The molecule has 0 aromatic heterocycles. The first-order valence-electron chi connectivity index (χ1n) is 7.66. The van der Waals surface area contributed by atoms with E-state index >= 15 is 0 Å². The molecule has 0 spiro atoms. The van der Waals surface area contributed by atoms with Crippen LogP contribution in [0.3, 0.4) is 0 Å². The maximum Gasteiger partial charge on any atom is 0.318 e. The fraction of sp³-hybridized carbons (Fsp3) is 0.263. The van der Waals surface area contributed by atoms with Crippen LogP contribution in [0.5, 0.6) is 0 Å². The molecule has 0 aliphatic carbocycles. The van der Waals surface area contributed by atoms with Gasteiger partial charge >= 0.3 is 5.97 Å². The summed E-state index contributed by atoms with van der Waals surface area (Å²) in [5, 5.41) is 1.04. The van der Waals surface area contributed by atoms with Crippen molar-refractivity contribution in [3.05, 3.63) is 71.8 Å². The monoisotopic (exact) mass is 327 g/mol. The minimum atomic E-state index is -0.933. The number of esters is 1. The van der Waals surface area contributed by atoms with Gasteiger partial charge in [0.25, 0.3) is 5.91 Å². The van der Waals surface area contributed by atoms with Crippen molar-refractivity contribution in [3.8, 4) is 0 Å². The van der Waals surface area contributed by atoms with E-state index in [1.807, 2.05) is 60.7 Å². The number of hydroxylamine groups is 2. The average Bonchev–Trinajstić information content (AvgIpc) is 2.62. The van der Waals surface area contributed by atoms with Gasteiger partial charge in [-0.1, -0.05) is 60.7 Å². The van der Waals surface area contributed by atoms with Crippen LogP contribution >= 0.6 is 0 Å². The van der Waals surface area contributed by atoms with E-state index in [0.29, 0.717) is 0 Å². The van der Waals surface area contributed by atoms with E-state index in [1.54, 1.807) is 0 Å². The summed E-state index contributed by atoms with van der Waals surface area (Å²) < 4.78 is 5.40. The second-order valence-electron chi connectivity index (χ2n) is 5.35. The Morgan fingerprint density at radius 1 is 0.917 bits per heavy atom. The van der Waals surface area contributed by atoms with E-state index in [0.717, 1.165) is 16.2 Å². The summed E-state index contributed by atoms with van der Waals surface area (Å²) in [6.45, 7) is 1.53. The van der Waals surface area contributed by atoms with Crippen molar-refractivity contribution in [2.75, 3.05) is 14.2 Å². The molecule has 0 aliphatic heterocycles. The van der Waals surface area contributed by atoms with Crippen LogP contribution in [0.1, 0.15) is 24.0 Å². The van der Waals surface area contributed by atoms with Crippen molar-refractivity contribution in [1.29, 1.82) is 0 Å². The van der Waals surface area contributed by atoms with Crippen LogP contribution in [-0.2, 0) is 19.2 Å². The number of amides is 1. The van der Waals surface area contributed by atoms with Crippen LogP contribution in [0.15, 0.2) is 60.7 Å². The zero-order valence-electron chi connectivity index (χ0n) is 14.0. The SMILES string of the molecule is CON(C)C(=O)[C@@H](C)OC(=O)C(c1ccccc1)c1ccccc1. The number of hydrogen-bond acceptors (Lipinski definition) is 4. The third-order valence-electron chi connectivity index (χ3n) is 3.73.